The summed E-state index contributed by atoms with van der Waals surface area (Å²) in [6.07, 6.45) is 5.18. The first kappa shape index (κ1) is 36.7. The Morgan fingerprint density at radius 1 is 0.486 bits per heavy atom. The first-order valence-electron chi connectivity index (χ1n) is 14.0. The molecule has 0 saturated heterocycles. The predicted octanol–water partition coefficient (Wildman–Crippen LogP) is 7.59. The van der Waals surface area contributed by atoms with Crippen molar-refractivity contribution in [1.29, 1.82) is 0 Å². The summed E-state index contributed by atoms with van der Waals surface area (Å²) >= 11 is -2.55. The standard InChI is InChI=1S/2C8H20O3SSi.2C4H9.Sn/c2*1-4-9-13(8-7-12,10-5-2)11-6-3;2*1-3-4-2;/h2*12H,4-8H2,1-3H3;2*1,3-4H2,2H3;/q;;;;+2/p-2. The van der Waals surface area contributed by atoms with Crippen LogP contribution in [-0.2, 0) is 26.6 Å². The Morgan fingerprint density at radius 3 is 1.00 bits per heavy atom. The van der Waals surface area contributed by atoms with Gasteiger partial charge in [0.15, 0.2) is 0 Å². The zero-order valence-corrected chi connectivity index (χ0v) is 30.6. The van der Waals surface area contributed by atoms with Crippen molar-refractivity contribution in [1.82, 2.24) is 0 Å². The molecule has 0 aromatic carbocycles. The van der Waals surface area contributed by atoms with E-state index in [9.17, 15) is 0 Å². The Bertz CT molecular complexity index is 421. The van der Waals surface area contributed by atoms with Crippen LogP contribution in [0.3, 0.4) is 0 Å². The maximum atomic E-state index is 6.15. The molecule has 0 N–H and O–H groups in total. The zero-order chi connectivity index (χ0) is 26.5. The van der Waals surface area contributed by atoms with Crippen molar-refractivity contribution >= 4 is 51.1 Å². The molecular formula is C24H56O6S2Si2Sn. The zero-order valence-electron chi connectivity index (χ0n) is 24.1. The molecule has 11 heteroatoms. The van der Waals surface area contributed by atoms with Gasteiger partial charge >= 0.3 is 231 Å². The normalized spacial score (nSPS) is 13.0. The summed E-state index contributed by atoms with van der Waals surface area (Å²) in [6.45, 7) is 20.8. The van der Waals surface area contributed by atoms with E-state index in [0.717, 1.165) is 23.6 Å². The van der Waals surface area contributed by atoms with Gasteiger partial charge < -0.3 is 0 Å². The Hall–Kier alpha value is 1.69. The van der Waals surface area contributed by atoms with Crippen LogP contribution in [0, 0.1) is 0 Å². The third-order valence-electron chi connectivity index (χ3n) is 5.55. The molecule has 0 amide bonds. The van der Waals surface area contributed by atoms with E-state index in [1.54, 1.807) is 0 Å². The quantitative estimate of drug-likeness (QED) is 0.0868. The third kappa shape index (κ3) is 15.2. The van der Waals surface area contributed by atoms with Gasteiger partial charge in [-0.3, -0.25) is 0 Å². The molecule has 0 unspecified atom stereocenters. The van der Waals surface area contributed by atoms with E-state index in [4.69, 9.17) is 26.6 Å². The van der Waals surface area contributed by atoms with Crippen LogP contribution >= 0.6 is 17.9 Å². The monoisotopic (exact) mass is 680 g/mol. The third-order valence-corrected chi connectivity index (χ3v) is 43.3. The number of unbranched alkanes of at least 4 members (excludes halogenated alkanes) is 2. The van der Waals surface area contributed by atoms with E-state index in [-0.39, 0.29) is 0 Å². The first-order chi connectivity index (χ1) is 16.9. The predicted molar refractivity (Wildman–Crippen MR) is 161 cm³/mol. The van der Waals surface area contributed by atoms with Gasteiger partial charge in [0.05, 0.1) is 0 Å². The van der Waals surface area contributed by atoms with Gasteiger partial charge in [-0.25, -0.2) is 0 Å². The van der Waals surface area contributed by atoms with Gasteiger partial charge in [0.2, 0.25) is 0 Å². The Balaban J connectivity index is 5.55. The van der Waals surface area contributed by atoms with Crippen LogP contribution in [-0.4, -0.2) is 84.4 Å². The first-order valence-corrected chi connectivity index (χ1v) is 30.9. The van der Waals surface area contributed by atoms with Gasteiger partial charge in [0.25, 0.3) is 0 Å². The Kier molecular flexibility index (Phi) is 23.6. The summed E-state index contributed by atoms with van der Waals surface area (Å²) in [5.74, 6) is 2.15. The van der Waals surface area contributed by atoms with E-state index < -0.39 is 33.2 Å². The number of rotatable bonds is 26. The number of hydrogen-bond acceptors (Lipinski definition) is 8. The van der Waals surface area contributed by atoms with Crippen LogP contribution in [0.4, 0.5) is 0 Å². The van der Waals surface area contributed by atoms with Gasteiger partial charge in [-0.2, -0.15) is 0 Å². The molecule has 0 spiro atoms. The molecule has 0 aromatic rings. The molecular weight excluding hydrogens is 623 g/mol. The van der Waals surface area contributed by atoms with Gasteiger partial charge in [0.1, 0.15) is 0 Å². The van der Waals surface area contributed by atoms with E-state index in [0.29, 0.717) is 39.6 Å². The van der Waals surface area contributed by atoms with E-state index in [1.165, 1.54) is 34.6 Å². The summed E-state index contributed by atoms with van der Waals surface area (Å²) in [4.78, 5) is 0. The second kappa shape index (κ2) is 22.5. The van der Waals surface area contributed by atoms with Crippen molar-refractivity contribution in [2.24, 2.45) is 0 Å². The molecule has 0 saturated carbocycles. The minimum absolute atomic E-state index is 0.644. The average Bonchev–Trinajstić information content (AvgIpc) is 2.82. The molecule has 0 aromatic heterocycles. The molecule has 0 aliphatic rings. The molecule has 212 valence electrons. The van der Waals surface area contributed by atoms with Gasteiger partial charge in [0, 0.05) is 0 Å². The van der Waals surface area contributed by atoms with Crippen molar-refractivity contribution in [2.75, 3.05) is 51.1 Å². The van der Waals surface area contributed by atoms with Crippen LogP contribution in [0.2, 0.25) is 21.0 Å². The van der Waals surface area contributed by atoms with Crippen LogP contribution in [0.1, 0.15) is 81.1 Å². The molecule has 0 fully saturated rings. The molecule has 0 heterocycles. The SMILES string of the molecule is CCC[CH2][Sn]([CH2]CCC)([S]CC[Si](OCC)(OCC)OCC)[S]CC[Si](OCC)(OCC)OCC. The van der Waals surface area contributed by atoms with Gasteiger partial charge in [-0.1, -0.05) is 0 Å². The van der Waals surface area contributed by atoms with Gasteiger partial charge in [-0.05, 0) is 0 Å². The van der Waals surface area contributed by atoms with E-state index >= 15 is 0 Å². The molecule has 0 rings (SSSR count). The molecule has 0 bridgehead atoms. The summed E-state index contributed by atoms with van der Waals surface area (Å²) < 4.78 is 39.7. The maximum absolute atomic E-state index is 6.15. The molecule has 0 aliphatic carbocycles. The Morgan fingerprint density at radius 2 is 0.771 bits per heavy atom. The molecule has 0 radical (unpaired) electrons. The summed E-state index contributed by atoms with van der Waals surface area (Å²) in [7, 11) is -0.592. The van der Waals surface area contributed by atoms with E-state index in [2.05, 4.69) is 31.7 Å². The van der Waals surface area contributed by atoms with Crippen molar-refractivity contribution in [3.05, 3.63) is 0 Å². The molecule has 35 heavy (non-hydrogen) atoms. The van der Waals surface area contributed by atoms with Crippen molar-refractivity contribution < 1.29 is 26.6 Å². The average molecular weight is 680 g/mol. The van der Waals surface area contributed by atoms with Crippen LogP contribution in [0.5, 0.6) is 0 Å². The molecule has 0 atom stereocenters. The van der Waals surface area contributed by atoms with Crippen LogP contribution < -0.4 is 0 Å². The fourth-order valence-corrected chi connectivity index (χ4v) is 44.3. The second-order valence-electron chi connectivity index (χ2n) is 8.28. The minimum atomic E-state index is -2.60. The van der Waals surface area contributed by atoms with Crippen LogP contribution in [0.25, 0.3) is 0 Å². The van der Waals surface area contributed by atoms with E-state index in [1.807, 2.05) is 41.5 Å². The Labute approximate surface area is 229 Å². The molecule has 6 nitrogen and oxygen atoms in total. The van der Waals surface area contributed by atoms with Gasteiger partial charge in [-0.15, -0.1) is 0 Å². The fourth-order valence-electron chi connectivity index (χ4n) is 4.07. The van der Waals surface area contributed by atoms with Crippen molar-refractivity contribution in [2.45, 2.75) is 102 Å². The van der Waals surface area contributed by atoms with Crippen molar-refractivity contribution in [3.63, 3.8) is 0 Å². The molecule has 0 aliphatic heterocycles. The summed E-state index contributed by atoms with van der Waals surface area (Å²) in [6, 6.07) is 1.81. The number of hydrogen-bond donors (Lipinski definition) is 0. The van der Waals surface area contributed by atoms with Crippen molar-refractivity contribution in [3.8, 4) is 0 Å². The fraction of sp³-hybridized carbons (Fsp3) is 1.00. The summed E-state index contributed by atoms with van der Waals surface area (Å²) in [5, 5.41) is 0. The van der Waals surface area contributed by atoms with Crippen LogP contribution in [0.15, 0.2) is 0 Å². The summed E-state index contributed by atoms with van der Waals surface area (Å²) in [5.41, 5.74) is 0. The second-order valence-corrected chi connectivity index (χ2v) is 40.4. The topological polar surface area (TPSA) is 55.4 Å².